The summed E-state index contributed by atoms with van der Waals surface area (Å²) in [7, 11) is 0. The van der Waals surface area contributed by atoms with Crippen LogP contribution in [0, 0.1) is 22.7 Å². The summed E-state index contributed by atoms with van der Waals surface area (Å²) in [5, 5.41) is 27.2. The molecule has 0 unspecified atom stereocenters. The topological polar surface area (TPSA) is 115 Å². The summed E-state index contributed by atoms with van der Waals surface area (Å²) in [5.74, 6) is -0.766. The second-order valence-corrected chi connectivity index (χ2v) is 8.88. The number of aromatic nitrogens is 2. The first-order valence-electron chi connectivity index (χ1n) is 11.8. The van der Waals surface area contributed by atoms with Crippen LogP contribution >= 0.6 is 11.3 Å². The Labute approximate surface area is 219 Å². The van der Waals surface area contributed by atoms with Crippen LogP contribution in [-0.2, 0) is 13.0 Å². The minimum absolute atomic E-state index is 0.181. The Balaban J connectivity index is 0.00000156. The highest BCUT2D eigenvalue weighted by atomic mass is 32.1. The first kappa shape index (κ1) is 25.4. The van der Waals surface area contributed by atoms with Crippen LogP contribution in [0.3, 0.4) is 0 Å². The highest BCUT2D eigenvalue weighted by Gasteiger charge is 2.32. The van der Waals surface area contributed by atoms with Crippen molar-refractivity contribution in [2.24, 2.45) is 0 Å². The molecular formula is C28H24N6O2S. The number of hydrogen-bond acceptors (Lipinski definition) is 6. The molecule has 8 nitrogen and oxygen atoms in total. The molecule has 0 bridgehead atoms. The van der Waals surface area contributed by atoms with E-state index < -0.39 is 5.91 Å². The number of rotatable bonds is 5. The number of amides is 2. The van der Waals surface area contributed by atoms with Crippen molar-refractivity contribution in [2.45, 2.75) is 26.8 Å². The molecule has 0 aliphatic carbocycles. The minimum atomic E-state index is -0.462. The quantitative estimate of drug-likeness (QED) is 0.397. The first-order chi connectivity index (χ1) is 18.1. The van der Waals surface area contributed by atoms with Gasteiger partial charge in [0.2, 0.25) is 0 Å². The van der Waals surface area contributed by atoms with Crippen molar-refractivity contribution in [1.82, 2.24) is 9.78 Å². The fourth-order valence-electron chi connectivity index (χ4n) is 4.07. The Morgan fingerprint density at radius 1 is 1.08 bits per heavy atom. The van der Waals surface area contributed by atoms with Gasteiger partial charge in [0.05, 0.1) is 29.9 Å². The van der Waals surface area contributed by atoms with Crippen LogP contribution in [0.4, 0.5) is 11.4 Å². The number of fused-ring (bicyclic) bond motifs is 1. The van der Waals surface area contributed by atoms with Crippen LogP contribution in [0.25, 0.3) is 0 Å². The molecule has 0 spiro atoms. The molecule has 37 heavy (non-hydrogen) atoms. The number of anilines is 2. The molecule has 3 heterocycles. The predicted octanol–water partition coefficient (Wildman–Crippen LogP) is 5.22. The third-order valence-corrected chi connectivity index (χ3v) is 6.67. The van der Waals surface area contributed by atoms with Crippen LogP contribution < -0.4 is 10.2 Å². The number of nitriles is 2. The van der Waals surface area contributed by atoms with Crippen LogP contribution in [-0.4, -0.2) is 28.1 Å². The van der Waals surface area contributed by atoms with Crippen molar-refractivity contribution < 1.29 is 9.59 Å². The predicted molar refractivity (Wildman–Crippen MR) is 143 cm³/mol. The van der Waals surface area contributed by atoms with E-state index in [-0.39, 0.29) is 17.2 Å². The van der Waals surface area contributed by atoms with Gasteiger partial charge in [-0.1, -0.05) is 32.0 Å². The summed E-state index contributed by atoms with van der Waals surface area (Å²) in [6.07, 6.45) is 2.04. The Morgan fingerprint density at radius 2 is 1.86 bits per heavy atom. The molecule has 1 N–H and O–H groups in total. The maximum atomic E-state index is 13.4. The van der Waals surface area contributed by atoms with E-state index in [0.29, 0.717) is 35.6 Å². The first-order valence-corrected chi connectivity index (χ1v) is 12.7. The molecule has 2 amide bonds. The molecule has 1 aliphatic heterocycles. The fraction of sp³-hybridized carbons (Fsp3) is 0.179. The van der Waals surface area contributed by atoms with Gasteiger partial charge >= 0.3 is 0 Å². The SMILES string of the molecule is CC.N#Cc1cccc(NC(=O)c2cnn3c2C(=O)N(c2ccc(Cc4ccsc4C#N)cc2)CC3)c1. The fourth-order valence-corrected chi connectivity index (χ4v) is 4.78. The molecule has 0 radical (unpaired) electrons. The third kappa shape index (κ3) is 5.27. The van der Waals surface area contributed by atoms with E-state index in [2.05, 4.69) is 16.5 Å². The Morgan fingerprint density at radius 3 is 2.59 bits per heavy atom. The second-order valence-electron chi connectivity index (χ2n) is 7.96. The number of hydrogen-bond donors (Lipinski definition) is 1. The Kier molecular flexibility index (Phi) is 7.77. The van der Waals surface area contributed by atoms with Crippen LogP contribution in [0.15, 0.2) is 66.2 Å². The molecule has 5 rings (SSSR count). The van der Waals surface area contributed by atoms with Gasteiger partial charge in [-0.15, -0.1) is 11.3 Å². The van der Waals surface area contributed by atoms with Gasteiger partial charge in [0.15, 0.2) is 0 Å². The molecule has 2 aromatic carbocycles. The normalized spacial score (nSPS) is 12.0. The monoisotopic (exact) mass is 508 g/mol. The zero-order valence-corrected chi connectivity index (χ0v) is 21.2. The van der Waals surface area contributed by atoms with E-state index in [9.17, 15) is 14.9 Å². The summed E-state index contributed by atoms with van der Waals surface area (Å²) in [6, 6.07) is 20.4. The number of carbonyl (C=O) groups excluding carboxylic acids is 2. The van der Waals surface area contributed by atoms with Crippen LogP contribution in [0.1, 0.15) is 56.3 Å². The third-order valence-electron chi connectivity index (χ3n) is 5.81. The summed E-state index contributed by atoms with van der Waals surface area (Å²) < 4.78 is 1.55. The zero-order chi connectivity index (χ0) is 26.4. The van der Waals surface area contributed by atoms with E-state index in [1.807, 2.05) is 55.6 Å². The summed E-state index contributed by atoms with van der Waals surface area (Å²) in [6.45, 7) is 4.89. The average Bonchev–Trinajstić information content (AvgIpc) is 3.58. The molecular weight excluding hydrogens is 484 g/mol. The lowest BCUT2D eigenvalue weighted by Gasteiger charge is -2.28. The van der Waals surface area contributed by atoms with Gasteiger partial charge in [-0.05, 0) is 59.3 Å². The van der Waals surface area contributed by atoms with E-state index >= 15 is 0 Å². The Bertz CT molecular complexity index is 1520. The molecule has 2 aromatic heterocycles. The number of carbonyl (C=O) groups is 2. The summed E-state index contributed by atoms with van der Waals surface area (Å²) in [5.41, 5.74) is 4.05. The number of benzene rings is 2. The van der Waals surface area contributed by atoms with E-state index in [1.165, 1.54) is 17.5 Å². The molecule has 184 valence electrons. The van der Waals surface area contributed by atoms with Crippen LogP contribution in [0.5, 0.6) is 0 Å². The van der Waals surface area contributed by atoms with Crippen molar-refractivity contribution in [3.05, 3.63) is 99.0 Å². The summed E-state index contributed by atoms with van der Waals surface area (Å²) in [4.78, 5) is 28.7. The maximum Gasteiger partial charge on any atom is 0.277 e. The van der Waals surface area contributed by atoms with Crippen molar-refractivity contribution >= 4 is 34.5 Å². The van der Waals surface area contributed by atoms with E-state index in [4.69, 9.17) is 5.26 Å². The van der Waals surface area contributed by atoms with Crippen molar-refractivity contribution in [1.29, 1.82) is 10.5 Å². The van der Waals surface area contributed by atoms with Gasteiger partial charge < -0.3 is 10.2 Å². The lowest BCUT2D eigenvalue weighted by atomic mass is 10.0. The molecule has 0 fully saturated rings. The van der Waals surface area contributed by atoms with Crippen LogP contribution in [0.2, 0.25) is 0 Å². The van der Waals surface area contributed by atoms with Gasteiger partial charge in [-0.2, -0.15) is 15.6 Å². The number of nitrogens with zero attached hydrogens (tertiary/aromatic N) is 5. The average molecular weight is 509 g/mol. The maximum absolute atomic E-state index is 13.4. The van der Waals surface area contributed by atoms with Gasteiger partial charge in [-0.3, -0.25) is 14.3 Å². The van der Waals surface area contributed by atoms with Gasteiger partial charge in [0.1, 0.15) is 16.6 Å². The van der Waals surface area contributed by atoms with E-state index in [1.54, 1.807) is 33.8 Å². The van der Waals surface area contributed by atoms with E-state index in [0.717, 1.165) is 16.8 Å². The standard InChI is InChI=1S/C26H18N6O2S.C2H6/c27-14-18-2-1-3-20(13-18)30-25(33)22-16-29-32-10-9-31(26(34)24(22)32)21-6-4-17(5-7-21)12-19-8-11-35-23(19)15-28;1-2/h1-8,11,13,16H,9-10,12H2,(H,30,33);1-2H3. The highest BCUT2D eigenvalue weighted by molar-refractivity contribution is 7.10. The lowest BCUT2D eigenvalue weighted by Crippen LogP contribution is -2.41. The van der Waals surface area contributed by atoms with Gasteiger partial charge in [-0.25, -0.2) is 0 Å². The molecule has 0 saturated heterocycles. The minimum Gasteiger partial charge on any atom is -0.322 e. The van der Waals surface area contributed by atoms with Crippen molar-refractivity contribution in [3.63, 3.8) is 0 Å². The smallest absolute Gasteiger partial charge is 0.277 e. The van der Waals surface area contributed by atoms with Gasteiger partial charge in [0.25, 0.3) is 11.8 Å². The largest absolute Gasteiger partial charge is 0.322 e. The molecule has 0 saturated carbocycles. The highest BCUT2D eigenvalue weighted by Crippen LogP contribution is 2.26. The lowest BCUT2D eigenvalue weighted by molar-refractivity contribution is 0.0947. The molecule has 0 atom stereocenters. The van der Waals surface area contributed by atoms with Crippen molar-refractivity contribution in [2.75, 3.05) is 16.8 Å². The number of thiophene rings is 1. The Hall–Kier alpha value is -4.73. The zero-order valence-electron chi connectivity index (χ0n) is 20.4. The van der Waals surface area contributed by atoms with Gasteiger partial charge in [0, 0.05) is 17.9 Å². The molecule has 4 aromatic rings. The molecule has 1 aliphatic rings. The number of nitrogens with one attached hydrogen (secondary N) is 1. The van der Waals surface area contributed by atoms with Crippen molar-refractivity contribution in [3.8, 4) is 12.1 Å². The molecule has 9 heteroatoms. The summed E-state index contributed by atoms with van der Waals surface area (Å²) >= 11 is 1.43. The second kappa shape index (κ2) is 11.3.